The summed E-state index contributed by atoms with van der Waals surface area (Å²) >= 11 is 0. The summed E-state index contributed by atoms with van der Waals surface area (Å²) in [7, 11) is 7.83. The van der Waals surface area contributed by atoms with Gasteiger partial charge in [-0.2, -0.15) is 0 Å². The maximum absolute atomic E-state index is 5.46. The van der Waals surface area contributed by atoms with Gasteiger partial charge in [0.05, 0.1) is 0 Å². The monoisotopic (exact) mass is 154 g/mol. The number of hydrogen-bond acceptors (Lipinski definition) is 3. The molecule has 0 aliphatic rings. The summed E-state index contributed by atoms with van der Waals surface area (Å²) in [5.74, 6) is 1.77. The largest absolute Gasteiger partial charge is 0.425 e. The third-order valence-electron chi connectivity index (χ3n) is 1.46. The van der Waals surface area contributed by atoms with Crippen LogP contribution in [0.2, 0.25) is 0 Å². The van der Waals surface area contributed by atoms with Gasteiger partial charge >= 0.3 is 0 Å². The second-order valence-corrected chi connectivity index (χ2v) is 2.90. The molecule has 0 amide bonds. The highest BCUT2D eigenvalue weighted by molar-refractivity contribution is 5.44. The first-order chi connectivity index (χ1) is 5.11. The van der Waals surface area contributed by atoms with Gasteiger partial charge in [-0.25, -0.2) is 0 Å². The topological polar surface area (TPSA) is 19.6 Å². The van der Waals surface area contributed by atoms with Crippen LogP contribution < -0.4 is 9.80 Å². The molecule has 0 aliphatic carbocycles. The zero-order chi connectivity index (χ0) is 8.43. The third-order valence-corrected chi connectivity index (χ3v) is 1.46. The first kappa shape index (κ1) is 7.98. The molecule has 0 saturated heterocycles. The summed E-state index contributed by atoms with van der Waals surface area (Å²) in [6.07, 6.45) is 0. The number of hydrogen-bond donors (Lipinski definition) is 0. The Bertz CT molecular complexity index is 205. The van der Waals surface area contributed by atoms with E-state index in [0.29, 0.717) is 0 Å². The fourth-order valence-corrected chi connectivity index (χ4v) is 0.798. The zero-order valence-corrected chi connectivity index (χ0v) is 7.46. The van der Waals surface area contributed by atoms with Crippen LogP contribution in [0, 0.1) is 0 Å². The Hall–Kier alpha value is -1.12. The predicted molar refractivity (Wildman–Crippen MR) is 47.4 cm³/mol. The molecule has 3 heteroatoms. The molecule has 0 fully saturated rings. The van der Waals surface area contributed by atoms with E-state index in [0.717, 1.165) is 11.8 Å². The Labute approximate surface area is 67.2 Å². The lowest BCUT2D eigenvalue weighted by Crippen LogP contribution is -2.08. The average Bonchev–Trinajstić information content (AvgIpc) is 2.33. The molecule has 0 unspecified atom stereocenters. The molecule has 1 aromatic heterocycles. The number of furan rings is 1. The highest BCUT2D eigenvalue weighted by atomic mass is 16.4. The van der Waals surface area contributed by atoms with Crippen LogP contribution in [0.25, 0.3) is 0 Å². The summed E-state index contributed by atoms with van der Waals surface area (Å²) in [6, 6.07) is 3.91. The van der Waals surface area contributed by atoms with Gasteiger partial charge in [0.15, 0.2) is 11.8 Å². The summed E-state index contributed by atoms with van der Waals surface area (Å²) in [4.78, 5) is 3.88. The minimum absolute atomic E-state index is 0.883. The van der Waals surface area contributed by atoms with Crippen LogP contribution in [0.15, 0.2) is 16.5 Å². The van der Waals surface area contributed by atoms with E-state index in [1.807, 2.05) is 50.1 Å². The normalized spacial score (nSPS) is 9.82. The predicted octanol–water partition coefficient (Wildman–Crippen LogP) is 1.41. The first-order valence-corrected chi connectivity index (χ1v) is 3.55. The lowest BCUT2D eigenvalue weighted by Gasteiger charge is -2.09. The van der Waals surface area contributed by atoms with Gasteiger partial charge in [-0.15, -0.1) is 0 Å². The molecule has 0 atom stereocenters. The van der Waals surface area contributed by atoms with Gasteiger partial charge in [-0.1, -0.05) is 0 Å². The lowest BCUT2D eigenvalue weighted by atomic mass is 10.5. The van der Waals surface area contributed by atoms with Gasteiger partial charge in [-0.3, -0.25) is 0 Å². The Morgan fingerprint density at radius 1 is 0.909 bits per heavy atom. The van der Waals surface area contributed by atoms with Crippen LogP contribution in [0.5, 0.6) is 0 Å². The van der Waals surface area contributed by atoms with E-state index in [1.54, 1.807) is 0 Å². The molecule has 1 heterocycles. The van der Waals surface area contributed by atoms with E-state index in [-0.39, 0.29) is 0 Å². The summed E-state index contributed by atoms with van der Waals surface area (Å²) in [5.41, 5.74) is 0. The van der Waals surface area contributed by atoms with E-state index >= 15 is 0 Å². The van der Waals surface area contributed by atoms with Gasteiger partial charge in [0, 0.05) is 40.3 Å². The van der Waals surface area contributed by atoms with Crippen molar-refractivity contribution in [3.05, 3.63) is 12.1 Å². The van der Waals surface area contributed by atoms with Crippen molar-refractivity contribution in [2.24, 2.45) is 0 Å². The fraction of sp³-hybridized carbons (Fsp3) is 0.500. The maximum atomic E-state index is 5.46. The molecule has 0 bridgehead atoms. The fourth-order valence-electron chi connectivity index (χ4n) is 0.798. The highest BCUT2D eigenvalue weighted by Crippen LogP contribution is 2.21. The van der Waals surface area contributed by atoms with Crippen LogP contribution in [0.1, 0.15) is 0 Å². The molecule has 0 aliphatic heterocycles. The van der Waals surface area contributed by atoms with Gasteiger partial charge < -0.3 is 14.2 Å². The van der Waals surface area contributed by atoms with Crippen LogP contribution in [-0.4, -0.2) is 28.2 Å². The molecule has 11 heavy (non-hydrogen) atoms. The highest BCUT2D eigenvalue weighted by Gasteiger charge is 2.03. The van der Waals surface area contributed by atoms with Crippen molar-refractivity contribution in [3.63, 3.8) is 0 Å². The Kier molecular flexibility index (Phi) is 2.08. The molecule has 3 nitrogen and oxygen atoms in total. The molecule has 0 aromatic carbocycles. The van der Waals surface area contributed by atoms with Crippen molar-refractivity contribution < 1.29 is 4.42 Å². The quantitative estimate of drug-likeness (QED) is 0.642. The van der Waals surface area contributed by atoms with Crippen molar-refractivity contribution in [2.45, 2.75) is 0 Å². The molecule has 0 saturated carbocycles. The second kappa shape index (κ2) is 2.86. The summed E-state index contributed by atoms with van der Waals surface area (Å²) in [5, 5.41) is 0. The molecular formula is C8H14N2O. The zero-order valence-electron chi connectivity index (χ0n) is 7.46. The van der Waals surface area contributed by atoms with E-state index in [4.69, 9.17) is 4.42 Å². The minimum atomic E-state index is 0.883. The van der Waals surface area contributed by atoms with Crippen molar-refractivity contribution >= 4 is 11.8 Å². The van der Waals surface area contributed by atoms with Crippen molar-refractivity contribution in [3.8, 4) is 0 Å². The standard InChI is InChI=1S/C8H14N2O/c1-9(2)7-5-6-8(11-7)10(3)4/h5-6H,1-4H3. The molecule has 0 radical (unpaired) electrons. The Balaban J connectivity index is 2.82. The van der Waals surface area contributed by atoms with E-state index in [2.05, 4.69) is 0 Å². The lowest BCUT2D eigenvalue weighted by molar-refractivity contribution is 0.563. The first-order valence-electron chi connectivity index (χ1n) is 3.55. The van der Waals surface area contributed by atoms with Crippen molar-refractivity contribution in [1.29, 1.82) is 0 Å². The van der Waals surface area contributed by atoms with Crippen LogP contribution in [0.3, 0.4) is 0 Å². The van der Waals surface area contributed by atoms with E-state index in [9.17, 15) is 0 Å². The molecule has 0 N–H and O–H groups in total. The second-order valence-electron chi connectivity index (χ2n) is 2.90. The molecule has 62 valence electrons. The maximum Gasteiger partial charge on any atom is 0.197 e. The number of nitrogens with zero attached hydrogens (tertiary/aromatic N) is 2. The van der Waals surface area contributed by atoms with Crippen molar-refractivity contribution in [2.75, 3.05) is 38.0 Å². The SMILES string of the molecule is CN(C)c1ccc(N(C)C)o1. The average molecular weight is 154 g/mol. The summed E-state index contributed by atoms with van der Waals surface area (Å²) in [6.45, 7) is 0. The Morgan fingerprint density at radius 3 is 1.45 bits per heavy atom. The minimum Gasteiger partial charge on any atom is -0.425 e. The summed E-state index contributed by atoms with van der Waals surface area (Å²) < 4.78 is 5.46. The van der Waals surface area contributed by atoms with Crippen LogP contribution >= 0.6 is 0 Å². The molecule has 1 aromatic rings. The van der Waals surface area contributed by atoms with E-state index in [1.165, 1.54) is 0 Å². The van der Waals surface area contributed by atoms with Gasteiger partial charge in [0.25, 0.3) is 0 Å². The number of anilines is 2. The van der Waals surface area contributed by atoms with Crippen LogP contribution in [0.4, 0.5) is 11.8 Å². The number of rotatable bonds is 2. The third kappa shape index (κ3) is 1.67. The van der Waals surface area contributed by atoms with Crippen LogP contribution in [-0.2, 0) is 0 Å². The van der Waals surface area contributed by atoms with Gasteiger partial charge in [0.1, 0.15) is 0 Å². The van der Waals surface area contributed by atoms with Crippen molar-refractivity contribution in [1.82, 2.24) is 0 Å². The molecular weight excluding hydrogens is 140 g/mol. The van der Waals surface area contributed by atoms with Gasteiger partial charge in [-0.05, 0) is 0 Å². The molecule has 0 spiro atoms. The van der Waals surface area contributed by atoms with Gasteiger partial charge in [0.2, 0.25) is 0 Å². The molecule has 1 rings (SSSR count). The smallest absolute Gasteiger partial charge is 0.197 e. The Morgan fingerprint density at radius 2 is 1.27 bits per heavy atom. The van der Waals surface area contributed by atoms with E-state index < -0.39 is 0 Å².